The standard InChI is InChI=1S/C37H46N2O11/c1-23(41)38-30-33(44)32(43)28(18-40)48-37(30)50-35-31(39-24(2)42)36(47-21-27-16-10-5-11-17-27)49-29(22-45-19-25-12-6-3-7-13-25)34(35)46-20-26-14-8-4-9-15-26/h3-17,28-37,40,43-44H,18-22H2,1-2H3,(H,38,41)(H,39,42)/t28-,29-,30-,31-,32+,33-,34+,35-,36+,37+/m1/s1. The molecule has 0 aromatic heterocycles. The highest BCUT2D eigenvalue weighted by Crippen LogP contribution is 2.32. The van der Waals surface area contributed by atoms with Gasteiger partial charge in [0.25, 0.3) is 0 Å². The summed E-state index contributed by atoms with van der Waals surface area (Å²) in [5.74, 6) is -0.924. The van der Waals surface area contributed by atoms with Crippen molar-refractivity contribution in [1.29, 1.82) is 0 Å². The van der Waals surface area contributed by atoms with E-state index < -0.39 is 79.7 Å². The molecule has 50 heavy (non-hydrogen) atoms. The molecule has 3 aromatic carbocycles. The van der Waals surface area contributed by atoms with E-state index in [4.69, 9.17) is 28.4 Å². The molecule has 0 aliphatic carbocycles. The minimum Gasteiger partial charge on any atom is -0.394 e. The Morgan fingerprint density at radius 3 is 1.68 bits per heavy atom. The quantitative estimate of drug-likeness (QED) is 0.156. The van der Waals surface area contributed by atoms with Crippen molar-refractivity contribution < 1.29 is 53.3 Å². The Morgan fingerprint density at radius 2 is 1.14 bits per heavy atom. The van der Waals surface area contributed by atoms with Gasteiger partial charge < -0.3 is 54.4 Å². The molecular weight excluding hydrogens is 648 g/mol. The molecule has 0 radical (unpaired) electrons. The molecule has 0 spiro atoms. The smallest absolute Gasteiger partial charge is 0.217 e. The lowest BCUT2D eigenvalue weighted by molar-refractivity contribution is -0.336. The molecule has 0 unspecified atom stereocenters. The average molecular weight is 695 g/mol. The second-order valence-corrected chi connectivity index (χ2v) is 12.4. The van der Waals surface area contributed by atoms with E-state index in [9.17, 15) is 24.9 Å². The van der Waals surface area contributed by atoms with Gasteiger partial charge in [0.15, 0.2) is 12.6 Å². The van der Waals surface area contributed by atoms with Crippen LogP contribution in [0.1, 0.15) is 30.5 Å². The van der Waals surface area contributed by atoms with Crippen LogP contribution in [0.2, 0.25) is 0 Å². The number of nitrogens with one attached hydrogen (secondary N) is 2. The number of aliphatic hydroxyl groups is 3. The number of amides is 2. The summed E-state index contributed by atoms with van der Waals surface area (Å²) in [4.78, 5) is 25.0. The van der Waals surface area contributed by atoms with E-state index in [1.54, 1.807) is 0 Å². The van der Waals surface area contributed by atoms with Crippen molar-refractivity contribution in [3.05, 3.63) is 108 Å². The van der Waals surface area contributed by atoms with E-state index in [1.165, 1.54) is 13.8 Å². The lowest BCUT2D eigenvalue weighted by atomic mass is 9.94. The van der Waals surface area contributed by atoms with Crippen molar-refractivity contribution in [3.63, 3.8) is 0 Å². The zero-order valence-corrected chi connectivity index (χ0v) is 28.1. The Kier molecular flexibility index (Phi) is 13.8. The minimum atomic E-state index is -1.56. The first-order valence-corrected chi connectivity index (χ1v) is 16.6. The Hall–Kier alpha value is -3.76. The molecule has 0 saturated carbocycles. The topological polar surface area (TPSA) is 174 Å². The van der Waals surface area contributed by atoms with E-state index in [0.29, 0.717) is 0 Å². The van der Waals surface area contributed by atoms with E-state index in [1.807, 2.05) is 91.0 Å². The fourth-order valence-electron chi connectivity index (χ4n) is 6.06. The van der Waals surface area contributed by atoms with E-state index in [-0.39, 0.29) is 26.4 Å². The largest absolute Gasteiger partial charge is 0.394 e. The fraction of sp³-hybridized carbons (Fsp3) is 0.459. The Balaban J connectivity index is 1.51. The van der Waals surface area contributed by atoms with Gasteiger partial charge in [-0.1, -0.05) is 91.0 Å². The predicted molar refractivity (Wildman–Crippen MR) is 179 cm³/mol. The molecule has 13 nitrogen and oxygen atoms in total. The normalized spacial score (nSPS) is 29.6. The van der Waals surface area contributed by atoms with Crippen LogP contribution in [-0.4, -0.2) is 102 Å². The summed E-state index contributed by atoms with van der Waals surface area (Å²) in [6, 6.07) is 26.3. The highest BCUT2D eigenvalue weighted by Gasteiger charge is 2.53. The van der Waals surface area contributed by atoms with Gasteiger partial charge in [0.1, 0.15) is 48.7 Å². The van der Waals surface area contributed by atoms with Gasteiger partial charge in [-0.3, -0.25) is 9.59 Å². The second-order valence-electron chi connectivity index (χ2n) is 12.4. The average Bonchev–Trinajstić information content (AvgIpc) is 3.12. The molecule has 2 fully saturated rings. The van der Waals surface area contributed by atoms with Crippen molar-refractivity contribution in [1.82, 2.24) is 10.6 Å². The number of hydrogen-bond donors (Lipinski definition) is 5. The van der Waals surface area contributed by atoms with Crippen LogP contribution in [0.25, 0.3) is 0 Å². The number of hydrogen-bond acceptors (Lipinski definition) is 11. The molecule has 270 valence electrons. The minimum absolute atomic E-state index is 0.0352. The summed E-state index contributed by atoms with van der Waals surface area (Å²) in [6.45, 7) is 2.54. The maximum absolute atomic E-state index is 12.7. The lowest BCUT2D eigenvalue weighted by Crippen LogP contribution is -2.70. The molecule has 10 atom stereocenters. The van der Waals surface area contributed by atoms with Crippen LogP contribution in [0.5, 0.6) is 0 Å². The summed E-state index contributed by atoms with van der Waals surface area (Å²) >= 11 is 0. The van der Waals surface area contributed by atoms with Crippen LogP contribution < -0.4 is 10.6 Å². The number of rotatable bonds is 15. The summed E-state index contributed by atoms with van der Waals surface area (Å²) in [5.41, 5.74) is 2.67. The van der Waals surface area contributed by atoms with Crippen molar-refractivity contribution in [2.24, 2.45) is 0 Å². The molecule has 2 heterocycles. The number of carbonyl (C=O) groups is 2. The molecule has 3 aromatic rings. The first-order valence-electron chi connectivity index (χ1n) is 16.6. The SMILES string of the molecule is CC(=O)N[C@H]1[C@H](O[C@@H]2[C@@H](NC(C)=O)[C@@H](OCc3ccccc3)O[C@H](COCc3ccccc3)[C@@H]2OCc2ccccc2)O[C@H](CO)[C@H](O)[C@@H]1O. The number of benzene rings is 3. The zero-order valence-electron chi connectivity index (χ0n) is 28.1. The zero-order chi connectivity index (χ0) is 35.5. The summed E-state index contributed by atoms with van der Waals surface area (Å²) < 4.78 is 38.1. The molecule has 0 bridgehead atoms. The van der Waals surface area contributed by atoms with Gasteiger partial charge in [0, 0.05) is 13.8 Å². The molecule has 13 heteroatoms. The van der Waals surface area contributed by atoms with Gasteiger partial charge in [0.2, 0.25) is 11.8 Å². The number of aliphatic hydroxyl groups excluding tert-OH is 3. The van der Waals surface area contributed by atoms with Gasteiger partial charge in [0.05, 0.1) is 33.0 Å². The Labute approximate surface area is 291 Å². The summed E-state index contributed by atoms with van der Waals surface area (Å²) in [7, 11) is 0. The molecule has 2 aliphatic heterocycles. The molecule has 2 amide bonds. The van der Waals surface area contributed by atoms with Crippen LogP contribution in [-0.2, 0) is 57.8 Å². The van der Waals surface area contributed by atoms with E-state index in [2.05, 4.69) is 10.6 Å². The van der Waals surface area contributed by atoms with Gasteiger partial charge >= 0.3 is 0 Å². The van der Waals surface area contributed by atoms with Crippen molar-refractivity contribution in [2.45, 2.75) is 95.0 Å². The summed E-state index contributed by atoms with van der Waals surface area (Å²) in [5, 5.41) is 37.2. The molecule has 2 saturated heterocycles. The number of ether oxygens (including phenoxy) is 6. The van der Waals surface area contributed by atoms with Gasteiger partial charge in [-0.15, -0.1) is 0 Å². The monoisotopic (exact) mass is 694 g/mol. The van der Waals surface area contributed by atoms with Crippen LogP contribution >= 0.6 is 0 Å². The van der Waals surface area contributed by atoms with Gasteiger partial charge in [-0.2, -0.15) is 0 Å². The van der Waals surface area contributed by atoms with E-state index in [0.717, 1.165) is 16.7 Å². The summed E-state index contributed by atoms with van der Waals surface area (Å²) in [6.07, 6.45) is -9.65. The highest BCUT2D eigenvalue weighted by atomic mass is 16.7. The van der Waals surface area contributed by atoms with Crippen molar-refractivity contribution in [3.8, 4) is 0 Å². The first-order chi connectivity index (χ1) is 24.2. The Bertz CT molecular complexity index is 1470. The maximum Gasteiger partial charge on any atom is 0.217 e. The third-order valence-electron chi connectivity index (χ3n) is 8.49. The first kappa shape index (κ1) is 37.5. The number of carbonyl (C=O) groups excluding carboxylic acids is 2. The van der Waals surface area contributed by atoms with Crippen LogP contribution in [0.4, 0.5) is 0 Å². The fourth-order valence-corrected chi connectivity index (χ4v) is 6.06. The van der Waals surface area contributed by atoms with E-state index >= 15 is 0 Å². The predicted octanol–water partition coefficient (Wildman–Crippen LogP) is 1.56. The highest BCUT2D eigenvalue weighted by molar-refractivity contribution is 5.73. The molecule has 5 rings (SSSR count). The van der Waals surface area contributed by atoms with Crippen LogP contribution in [0, 0.1) is 0 Å². The second kappa shape index (κ2) is 18.5. The molecule has 5 N–H and O–H groups in total. The van der Waals surface area contributed by atoms with Crippen LogP contribution in [0.3, 0.4) is 0 Å². The van der Waals surface area contributed by atoms with Gasteiger partial charge in [-0.05, 0) is 16.7 Å². The third kappa shape index (κ3) is 10.2. The van der Waals surface area contributed by atoms with Gasteiger partial charge in [-0.25, -0.2) is 0 Å². The maximum atomic E-state index is 12.7. The molecule has 2 aliphatic rings. The van der Waals surface area contributed by atoms with Crippen molar-refractivity contribution >= 4 is 11.8 Å². The lowest BCUT2D eigenvalue weighted by Gasteiger charge is -2.49. The Morgan fingerprint density at radius 1 is 0.640 bits per heavy atom. The molecular formula is C37H46N2O11. The third-order valence-corrected chi connectivity index (χ3v) is 8.49. The van der Waals surface area contributed by atoms with Crippen LogP contribution in [0.15, 0.2) is 91.0 Å². The van der Waals surface area contributed by atoms with Crippen molar-refractivity contribution in [2.75, 3.05) is 13.2 Å².